The Hall–Kier alpha value is -2.84. The van der Waals surface area contributed by atoms with E-state index in [1.807, 2.05) is 0 Å². The number of ether oxygens (including phenoxy) is 2. The van der Waals surface area contributed by atoms with E-state index in [1.165, 1.54) is 12.1 Å². The highest BCUT2D eigenvalue weighted by Crippen LogP contribution is 2.35. The molecule has 0 saturated carbocycles. The first-order chi connectivity index (χ1) is 11.5. The van der Waals surface area contributed by atoms with E-state index in [4.69, 9.17) is 0 Å². The third kappa shape index (κ3) is 3.10. The Labute approximate surface area is 133 Å². The first kappa shape index (κ1) is 16.0. The quantitative estimate of drug-likeness (QED) is 0.662. The van der Waals surface area contributed by atoms with E-state index in [0.717, 1.165) is 6.07 Å². The minimum Gasteiger partial charge on any atom is -0.435 e. The number of rotatable bonds is 5. The zero-order chi connectivity index (χ0) is 17.3. The number of pyridine rings is 1. The van der Waals surface area contributed by atoms with Crippen molar-refractivity contribution in [3.05, 3.63) is 36.7 Å². The van der Waals surface area contributed by atoms with Gasteiger partial charge in [0.05, 0.1) is 22.8 Å². The Morgan fingerprint density at radius 2 is 1.79 bits per heavy atom. The van der Waals surface area contributed by atoms with E-state index in [0.29, 0.717) is 16.9 Å². The van der Waals surface area contributed by atoms with Crippen LogP contribution in [-0.4, -0.2) is 27.8 Å². The molecule has 5 nitrogen and oxygen atoms in total. The molecule has 0 aliphatic carbocycles. The molecule has 0 spiro atoms. The molecule has 0 bridgehead atoms. The number of aromatic nitrogens is 3. The van der Waals surface area contributed by atoms with Gasteiger partial charge in [-0.15, -0.1) is 0 Å². The summed E-state index contributed by atoms with van der Waals surface area (Å²) in [7, 11) is 1.68. The second kappa shape index (κ2) is 6.34. The Balaban J connectivity index is 2.12. The molecule has 0 unspecified atom stereocenters. The van der Waals surface area contributed by atoms with Gasteiger partial charge in [-0.05, 0) is 18.2 Å². The highest BCUT2D eigenvalue weighted by molar-refractivity contribution is 5.81. The minimum atomic E-state index is -3.12. The molecule has 0 fully saturated rings. The van der Waals surface area contributed by atoms with Crippen molar-refractivity contribution in [2.75, 3.05) is 0 Å². The maximum Gasteiger partial charge on any atom is 0.387 e. The summed E-state index contributed by atoms with van der Waals surface area (Å²) in [6.07, 6.45) is 3.13. The smallest absolute Gasteiger partial charge is 0.387 e. The van der Waals surface area contributed by atoms with Crippen LogP contribution in [-0.2, 0) is 7.05 Å². The molecule has 2 heterocycles. The van der Waals surface area contributed by atoms with Crippen molar-refractivity contribution >= 4 is 11.0 Å². The molecular weight excluding hydrogens is 330 g/mol. The normalized spacial score (nSPS) is 11.5. The maximum atomic E-state index is 12.7. The molecule has 0 N–H and O–H groups in total. The number of hydrogen-bond donors (Lipinski definition) is 0. The Bertz CT molecular complexity index is 867. The van der Waals surface area contributed by atoms with Gasteiger partial charge in [0.2, 0.25) is 0 Å². The fourth-order valence-electron chi connectivity index (χ4n) is 2.33. The van der Waals surface area contributed by atoms with Crippen molar-refractivity contribution in [1.29, 1.82) is 0 Å². The summed E-state index contributed by atoms with van der Waals surface area (Å²) in [6.45, 7) is -6.20. The highest BCUT2D eigenvalue weighted by Gasteiger charge is 2.18. The van der Waals surface area contributed by atoms with E-state index in [1.54, 1.807) is 30.1 Å². The molecule has 3 aromatic rings. The zero-order valence-corrected chi connectivity index (χ0v) is 12.3. The second-order valence-corrected chi connectivity index (χ2v) is 4.77. The molecule has 3 rings (SSSR count). The standard InChI is InChI=1S/C15H11F4N3O2/c1-22-11-7-20-5-4-10(11)21-13(22)9-3-2-8(23-14(16)17)6-12(9)24-15(18)19/h2-7,14-15H,1H3. The number of nitrogens with zero attached hydrogens (tertiary/aromatic N) is 3. The van der Waals surface area contributed by atoms with Crippen molar-refractivity contribution in [3.63, 3.8) is 0 Å². The Morgan fingerprint density at radius 1 is 1.04 bits per heavy atom. The first-order valence-corrected chi connectivity index (χ1v) is 6.76. The van der Waals surface area contributed by atoms with Crippen molar-refractivity contribution in [1.82, 2.24) is 14.5 Å². The molecular formula is C15H11F4N3O2. The summed E-state index contributed by atoms with van der Waals surface area (Å²) in [5.74, 6) is -0.267. The van der Waals surface area contributed by atoms with Crippen LogP contribution in [0.5, 0.6) is 11.5 Å². The summed E-state index contributed by atoms with van der Waals surface area (Å²) in [5, 5.41) is 0. The number of fused-ring (bicyclic) bond motifs is 1. The van der Waals surface area contributed by atoms with Crippen molar-refractivity contribution in [2.45, 2.75) is 13.2 Å². The van der Waals surface area contributed by atoms with Crippen LogP contribution in [0.25, 0.3) is 22.4 Å². The predicted molar refractivity (Wildman–Crippen MR) is 77.2 cm³/mol. The number of halogens is 4. The average molecular weight is 341 g/mol. The number of hydrogen-bond acceptors (Lipinski definition) is 4. The maximum absolute atomic E-state index is 12.7. The van der Waals surface area contributed by atoms with E-state index < -0.39 is 13.2 Å². The lowest BCUT2D eigenvalue weighted by molar-refractivity contribution is -0.0540. The van der Waals surface area contributed by atoms with E-state index in [-0.39, 0.29) is 17.1 Å². The summed E-state index contributed by atoms with van der Waals surface area (Å²) < 4.78 is 60.3. The monoisotopic (exact) mass is 341 g/mol. The van der Waals surface area contributed by atoms with Gasteiger partial charge in [-0.25, -0.2) is 4.98 Å². The Kier molecular flexibility index (Phi) is 4.24. The molecule has 2 aromatic heterocycles. The van der Waals surface area contributed by atoms with Crippen LogP contribution in [0.4, 0.5) is 17.6 Å². The van der Waals surface area contributed by atoms with E-state index in [9.17, 15) is 17.6 Å². The van der Waals surface area contributed by atoms with Crippen molar-refractivity contribution in [2.24, 2.45) is 7.05 Å². The molecule has 0 aliphatic heterocycles. The lowest BCUT2D eigenvalue weighted by Crippen LogP contribution is -2.06. The highest BCUT2D eigenvalue weighted by atomic mass is 19.3. The van der Waals surface area contributed by atoms with Crippen LogP contribution in [0, 0.1) is 0 Å². The summed E-state index contributed by atoms with van der Waals surface area (Å²) >= 11 is 0. The SMILES string of the molecule is Cn1c(-c2ccc(OC(F)F)cc2OC(F)F)nc2ccncc21. The largest absolute Gasteiger partial charge is 0.435 e. The van der Waals surface area contributed by atoms with Crippen LogP contribution < -0.4 is 9.47 Å². The summed E-state index contributed by atoms with van der Waals surface area (Å²) in [5.41, 5.74) is 1.51. The zero-order valence-electron chi connectivity index (χ0n) is 12.3. The lowest BCUT2D eigenvalue weighted by Gasteiger charge is -2.13. The lowest BCUT2D eigenvalue weighted by atomic mass is 10.1. The molecule has 24 heavy (non-hydrogen) atoms. The molecule has 0 atom stereocenters. The predicted octanol–water partition coefficient (Wildman–Crippen LogP) is 3.84. The van der Waals surface area contributed by atoms with E-state index >= 15 is 0 Å². The topological polar surface area (TPSA) is 49.2 Å². The van der Waals surface area contributed by atoms with Crippen LogP contribution >= 0.6 is 0 Å². The van der Waals surface area contributed by atoms with Gasteiger partial charge in [-0.1, -0.05) is 0 Å². The molecule has 126 valence electrons. The van der Waals surface area contributed by atoms with Gasteiger partial charge in [0.15, 0.2) is 0 Å². The van der Waals surface area contributed by atoms with Crippen molar-refractivity contribution in [3.8, 4) is 22.9 Å². The molecule has 0 aliphatic rings. The second-order valence-electron chi connectivity index (χ2n) is 4.77. The fourth-order valence-corrected chi connectivity index (χ4v) is 2.33. The van der Waals surface area contributed by atoms with Gasteiger partial charge in [0.1, 0.15) is 17.3 Å². The summed E-state index contributed by atoms with van der Waals surface area (Å²) in [6, 6.07) is 5.22. The number of imidazole rings is 1. The molecule has 9 heteroatoms. The molecule has 1 aromatic carbocycles. The van der Waals surface area contributed by atoms with Gasteiger partial charge in [-0.3, -0.25) is 4.98 Å². The molecule has 0 radical (unpaired) electrons. The van der Waals surface area contributed by atoms with Crippen LogP contribution in [0.1, 0.15) is 0 Å². The fraction of sp³-hybridized carbons (Fsp3) is 0.200. The number of benzene rings is 1. The third-order valence-electron chi connectivity index (χ3n) is 3.32. The first-order valence-electron chi connectivity index (χ1n) is 6.76. The number of alkyl halides is 4. The van der Waals surface area contributed by atoms with Crippen LogP contribution in [0.2, 0.25) is 0 Å². The summed E-state index contributed by atoms with van der Waals surface area (Å²) in [4.78, 5) is 8.33. The van der Waals surface area contributed by atoms with Gasteiger partial charge in [0, 0.05) is 19.3 Å². The minimum absolute atomic E-state index is 0.218. The molecule has 0 saturated heterocycles. The van der Waals surface area contributed by atoms with Gasteiger partial charge < -0.3 is 14.0 Å². The third-order valence-corrected chi connectivity index (χ3v) is 3.32. The average Bonchev–Trinajstić information content (AvgIpc) is 2.84. The van der Waals surface area contributed by atoms with Crippen LogP contribution in [0.3, 0.4) is 0 Å². The van der Waals surface area contributed by atoms with Crippen molar-refractivity contribution < 1.29 is 27.0 Å². The van der Waals surface area contributed by atoms with E-state index in [2.05, 4.69) is 19.4 Å². The Morgan fingerprint density at radius 3 is 2.46 bits per heavy atom. The van der Waals surface area contributed by atoms with Gasteiger partial charge >= 0.3 is 13.2 Å². The van der Waals surface area contributed by atoms with Crippen LogP contribution in [0.15, 0.2) is 36.7 Å². The van der Waals surface area contributed by atoms with Gasteiger partial charge in [-0.2, -0.15) is 17.6 Å². The molecule has 0 amide bonds. The van der Waals surface area contributed by atoms with Gasteiger partial charge in [0.25, 0.3) is 0 Å². The number of aryl methyl sites for hydroxylation is 1.